The predicted molar refractivity (Wildman–Crippen MR) is 76.7 cm³/mol. The maximum atomic E-state index is 13.3. The Kier molecular flexibility index (Phi) is 5.99. The molecule has 0 bridgehead atoms. The van der Waals surface area contributed by atoms with Crippen LogP contribution in [0.4, 0.5) is 4.39 Å². The fourth-order valence-corrected chi connectivity index (χ4v) is 3.56. The van der Waals surface area contributed by atoms with Crippen LogP contribution in [0, 0.1) is 5.82 Å². The Morgan fingerprint density at radius 1 is 1.48 bits per heavy atom. The third kappa shape index (κ3) is 5.18. The smallest absolute Gasteiger partial charge is 0.338 e. The molecule has 0 heterocycles. The second kappa shape index (κ2) is 7.10. The number of nitrogens with one attached hydrogen (secondary N) is 1. The molecule has 21 heavy (non-hydrogen) atoms. The molecule has 0 amide bonds. The predicted octanol–water partition coefficient (Wildman–Crippen LogP) is 0.959. The maximum absolute atomic E-state index is 13.3. The molecule has 9 heteroatoms. The van der Waals surface area contributed by atoms with E-state index in [-0.39, 0.29) is 4.90 Å². The summed E-state index contributed by atoms with van der Waals surface area (Å²) in [5, 5.41) is 8.79. The van der Waals surface area contributed by atoms with Gasteiger partial charge in [-0.15, -0.1) is 0 Å². The molecule has 6 nitrogen and oxygen atoms in total. The Morgan fingerprint density at radius 2 is 2.10 bits per heavy atom. The van der Waals surface area contributed by atoms with Crippen molar-refractivity contribution in [2.75, 3.05) is 12.0 Å². The standard InChI is InChI=1S/C12H16FNO5S2/c1-8(5-6-20(2)17)14-21(18,19)9-3-4-11(13)10(7-9)12(15)16/h3-4,7-8,14H,5-6H2,1-2H3,(H,15,16). The van der Waals surface area contributed by atoms with E-state index in [1.807, 2.05) is 0 Å². The normalized spacial score (nSPS) is 14.6. The molecule has 0 saturated heterocycles. The maximum Gasteiger partial charge on any atom is 0.338 e. The van der Waals surface area contributed by atoms with Crippen molar-refractivity contribution in [3.63, 3.8) is 0 Å². The molecule has 0 aromatic heterocycles. The summed E-state index contributed by atoms with van der Waals surface area (Å²) >= 11 is 0. The highest BCUT2D eigenvalue weighted by atomic mass is 32.2. The second-order valence-electron chi connectivity index (χ2n) is 4.54. The molecule has 2 N–H and O–H groups in total. The monoisotopic (exact) mass is 337 g/mol. The van der Waals surface area contributed by atoms with E-state index in [1.165, 1.54) is 6.26 Å². The van der Waals surface area contributed by atoms with Crippen molar-refractivity contribution in [2.45, 2.75) is 24.3 Å². The van der Waals surface area contributed by atoms with Gasteiger partial charge in [0.2, 0.25) is 10.0 Å². The molecule has 0 aliphatic carbocycles. The molecular formula is C12H16FNO5S2. The first-order valence-corrected chi connectivity index (χ1v) is 9.19. The quantitative estimate of drug-likeness (QED) is 0.772. The van der Waals surface area contributed by atoms with Crippen molar-refractivity contribution < 1.29 is 26.9 Å². The summed E-state index contributed by atoms with van der Waals surface area (Å²) in [5.74, 6) is -2.21. The van der Waals surface area contributed by atoms with Crippen molar-refractivity contribution in [2.24, 2.45) is 0 Å². The van der Waals surface area contributed by atoms with Crippen LogP contribution < -0.4 is 4.72 Å². The van der Waals surface area contributed by atoms with E-state index in [4.69, 9.17) is 5.11 Å². The lowest BCUT2D eigenvalue weighted by Gasteiger charge is -2.14. The average Bonchev–Trinajstić information content (AvgIpc) is 2.35. The first-order valence-electron chi connectivity index (χ1n) is 5.98. The number of benzene rings is 1. The lowest BCUT2D eigenvalue weighted by Crippen LogP contribution is -2.33. The van der Waals surface area contributed by atoms with Crippen LogP contribution in [0.1, 0.15) is 23.7 Å². The van der Waals surface area contributed by atoms with E-state index < -0.39 is 44.2 Å². The summed E-state index contributed by atoms with van der Waals surface area (Å²) in [7, 11) is -4.99. The lowest BCUT2D eigenvalue weighted by molar-refractivity contribution is 0.0691. The molecule has 1 aromatic carbocycles. The largest absolute Gasteiger partial charge is 0.478 e. The molecule has 2 unspecified atom stereocenters. The number of halogens is 1. The van der Waals surface area contributed by atoms with Crippen LogP contribution in [0.25, 0.3) is 0 Å². The Labute approximate surface area is 124 Å². The van der Waals surface area contributed by atoms with Gasteiger partial charge in [-0.3, -0.25) is 4.21 Å². The van der Waals surface area contributed by atoms with E-state index in [0.717, 1.165) is 18.2 Å². The molecule has 0 aliphatic heterocycles. The highest BCUT2D eigenvalue weighted by Crippen LogP contribution is 2.16. The summed E-state index contributed by atoms with van der Waals surface area (Å²) in [6.07, 6.45) is 1.88. The molecule has 0 spiro atoms. The zero-order chi connectivity index (χ0) is 16.2. The van der Waals surface area contributed by atoms with Gasteiger partial charge in [0.05, 0.1) is 10.5 Å². The summed E-state index contributed by atoms with van der Waals surface area (Å²) in [5.41, 5.74) is -0.708. The van der Waals surface area contributed by atoms with Crippen LogP contribution in [-0.4, -0.2) is 41.8 Å². The first-order chi connectivity index (χ1) is 9.63. The fourth-order valence-electron chi connectivity index (χ4n) is 1.57. The van der Waals surface area contributed by atoms with Crippen LogP contribution in [0.3, 0.4) is 0 Å². The van der Waals surface area contributed by atoms with Gasteiger partial charge in [-0.2, -0.15) is 0 Å². The highest BCUT2D eigenvalue weighted by Gasteiger charge is 2.21. The van der Waals surface area contributed by atoms with Crippen LogP contribution in [-0.2, 0) is 20.8 Å². The Morgan fingerprint density at radius 3 is 2.62 bits per heavy atom. The molecule has 1 aromatic rings. The molecule has 0 saturated carbocycles. The third-order valence-electron chi connectivity index (χ3n) is 2.67. The topological polar surface area (TPSA) is 101 Å². The SMILES string of the molecule is CC(CCS(C)=O)NS(=O)(=O)c1ccc(F)c(C(=O)O)c1. The zero-order valence-corrected chi connectivity index (χ0v) is 13.1. The van der Waals surface area contributed by atoms with Gasteiger partial charge in [0.25, 0.3) is 0 Å². The molecule has 118 valence electrons. The van der Waals surface area contributed by atoms with Crippen LogP contribution in [0.2, 0.25) is 0 Å². The number of hydrogen-bond acceptors (Lipinski definition) is 4. The summed E-state index contributed by atoms with van der Waals surface area (Å²) in [4.78, 5) is 10.5. The second-order valence-corrected chi connectivity index (χ2v) is 7.80. The van der Waals surface area contributed by atoms with Gasteiger partial charge >= 0.3 is 5.97 Å². The van der Waals surface area contributed by atoms with Gasteiger partial charge in [-0.1, -0.05) is 0 Å². The average molecular weight is 337 g/mol. The summed E-state index contributed by atoms with van der Waals surface area (Å²) in [6, 6.07) is 2.08. The fraction of sp³-hybridized carbons (Fsp3) is 0.417. The number of sulfonamides is 1. The van der Waals surface area contributed by atoms with Gasteiger partial charge in [-0.05, 0) is 31.5 Å². The Hall–Kier alpha value is -1.32. The highest BCUT2D eigenvalue weighted by molar-refractivity contribution is 7.89. The van der Waals surface area contributed by atoms with Gasteiger partial charge in [0, 0.05) is 28.9 Å². The first kappa shape index (κ1) is 17.7. The lowest BCUT2D eigenvalue weighted by atomic mass is 10.2. The van der Waals surface area contributed by atoms with E-state index in [0.29, 0.717) is 12.2 Å². The molecule has 0 aliphatic rings. The number of carboxylic acids is 1. The third-order valence-corrected chi connectivity index (χ3v) is 5.07. The van der Waals surface area contributed by atoms with E-state index in [1.54, 1.807) is 6.92 Å². The molecule has 1 rings (SSSR count). The molecule has 0 radical (unpaired) electrons. The van der Waals surface area contributed by atoms with Gasteiger partial charge in [0.15, 0.2) is 0 Å². The summed E-state index contributed by atoms with van der Waals surface area (Å²) < 4.78 is 50.7. The molecule has 2 atom stereocenters. The Bertz CT molecular complexity index is 660. The number of hydrogen-bond donors (Lipinski definition) is 2. The van der Waals surface area contributed by atoms with Gasteiger partial charge in [-0.25, -0.2) is 22.3 Å². The van der Waals surface area contributed by atoms with E-state index in [9.17, 15) is 21.8 Å². The minimum Gasteiger partial charge on any atom is -0.478 e. The number of carboxylic acid groups (broad SMARTS) is 1. The Balaban J connectivity index is 2.95. The van der Waals surface area contributed by atoms with E-state index >= 15 is 0 Å². The van der Waals surface area contributed by atoms with Crippen LogP contribution in [0.5, 0.6) is 0 Å². The van der Waals surface area contributed by atoms with Gasteiger partial charge < -0.3 is 5.11 Å². The van der Waals surface area contributed by atoms with Crippen molar-refractivity contribution in [1.29, 1.82) is 0 Å². The van der Waals surface area contributed by atoms with Crippen molar-refractivity contribution >= 4 is 26.8 Å². The van der Waals surface area contributed by atoms with Crippen molar-refractivity contribution in [1.82, 2.24) is 4.72 Å². The van der Waals surface area contributed by atoms with Gasteiger partial charge in [0.1, 0.15) is 5.82 Å². The number of aromatic carboxylic acids is 1. The molecular weight excluding hydrogens is 321 g/mol. The minimum absolute atomic E-state index is 0.328. The van der Waals surface area contributed by atoms with Crippen molar-refractivity contribution in [3.05, 3.63) is 29.6 Å². The molecule has 0 fully saturated rings. The number of rotatable bonds is 7. The summed E-state index contributed by atoms with van der Waals surface area (Å²) in [6.45, 7) is 1.60. The van der Waals surface area contributed by atoms with Crippen LogP contribution in [0.15, 0.2) is 23.1 Å². The minimum atomic E-state index is -3.96. The van der Waals surface area contributed by atoms with Crippen molar-refractivity contribution in [3.8, 4) is 0 Å². The van der Waals surface area contributed by atoms with Crippen LogP contribution >= 0.6 is 0 Å². The van der Waals surface area contributed by atoms with E-state index in [2.05, 4.69) is 4.72 Å². The zero-order valence-electron chi connectivity index (χ0n) is 11.5. The number of carbonyl (C=O) groups is 1.